The van der Waals surface area contributed by atoms with Gasteiger partial charge in [0.15, 0.2) is 11.6 Å². The molecule has 2 aromatic rings. The average Bonchev–Trinajstić information content (AvgIpc) is 3.41. The number of nitrogens with one attached hydrogen (secondary N) is 1. The van der Waals surface area contributed by atoms with Crippen LogP contribution in [0.3, 0.4) is 0 Å². The Morgan fingerprint density at radius 3 is 2.39 bits per heavy atom. The van der Waals surface area contributed by atoms with Crippen LogP contribution < -0.4 is 5.32 Å². The van der Waals surface area contributed by atoms with Crippen molar-refractivity contribution in [3.8, 4) is 0 Å². The van der Waals surface area contributed by atoms with Crippen molar-refractivity contribution in [2.24, 2.45) is 5.92 Å². The van der Waals surface area contributed by atoms with Gasteiger partial charge in [0, 0.05) is 38.1 Å². The van der Waals surface area contributed by atoms with Crippen LogP contribution >= 0.6 is 0 Å². The molecule has 1 saturated carbocycles. The predicted molar refractivity (Wildman–Crippen MR) is 120 cm³/mol. The number of likely N-dealkylation sites (tertiary alicyclic amines) is 1. The smallest absolute Gasteiger partial charge is 0.184 e. The van der Waals surface area contributed by atoms with Crippen LogP contribution in [0.4, 0.5) is 8.78 Å². The first-order valence-electron chi connectivity index (χ1n) is 12.5. The molecule has 31 heavy (non-hydrogen) atoms. The second kappa shape index (κ2) is 9.53. The highest BCUT2D eigenvalue weighted by Gasteiger charge is 2.31. The van der Waals surface area contributed by atoms with Crippen LogP contribution in [0.2, 0.25) is 0 Å². The SMILES string of the molecule is Fc1ccc2nc(C3CCNC3)n(C3CCN(CC4CCCCCCC4)CC3)c2c1F. The molecule has 4 nitrogen and oxygen atoms in total. The first kappa shape index (κ1) is 21.3. The zero-order chi connectivity index (χ0) is 21.2. The molecule has 0 spiro atoms. The Hall–Kier alpha value is -1.53. The summed E-state index contributed by atoms with van der Waals surface area (Å²) < 4.78 is 31.1. The summed E-state index contributed by atoms with van der Waals surface area (Å²) in [6.45, 7) is 5.12. The maximum absolute atomic E-state index is 14.9. The van der Waals surface area contributed by atoms with Gasteiger partial charge in [-0.2, -0.15) is 0 Å². The molecule has 5 rings (SSSR count). The Morgan fingerprint density at radius 2 is 1.68 bits per heavy atom. The van der Waals surface area contributed by atoms with Crippen LogP contribution in [0.25, 0.3) is 11.0 Å². The normalized spacial score (nSPS) is 25.2. The van der Waals surface area contributed by atoms with Gasteiger partial charge in [0.2, 0.25) is 0 Å². The molecule has 1 aromatic carbocycles. The van der Waals surface area contributed by atoms with Gasteiger partial charge in [-0.3, -0.25) is 0 Å². The van der Waals surface area contributed by atoms with E-state index in [1.54, 1.807) is 6.07 Å². The van der Waals surface area contributed by atoms with Gasteiger partial charge in [-0.05, 0) is 56.7 Å². The summed E-state index contributed by atoms with van der Waals surface area (Å²) in [4.78, 5) is 7.43. The molecule has 1 unspecified atom stereocenters. The van der Waals surface area contributed by atoms with Gasteiger partial charge < -0.3 is 14.8 Å². The topological polar surface area (TPSA) is 33.1 Å². The third-order valence-electron chi connectivity index (χ3n) is 7.86. The molecule has 170 valence electrons. The monoisotopic (exact) mass is 430 g/mol. The Balaban J connectivity index is 1.34. The summed E-state index contributed by atoms with van der Waals surface area (Å²) in [5, 5.41) is 3.40. The minimum atomic E-state index is -0.772. The second-order valence-electron chi connectivity index (χ2n) is 10.0. The van der Waals surface area contributed by atoms with Gasteiger partial charge >= 0.3 is 0 Å². The zero-order valence-electron chi connectivity index (χ0n) is 18.6. The lowest BCUT2D eigenvalue weighted by atomic mass is 9.90. The molecule has 2 saturated heterocycles. The van der Waals surface area contributed by atoms with Crippen LogP contribution in [0.1, 0.15) is 82.0 Å². The highest BCUT2D eigenvalue weighted by molar-refractivity contribution is 5.77. The van der Waals surface area contributed by atoms with E-state index < -0.39 is 11.6 Å². The molecular formula is C25H36F2N4. The molecule has 3 aliphatic rings. The van der Waals surface area contributed by atoms with Gasteiger partial charge in [-0.1, -0.05) is 32.1 Å². The molecule has 1 aromatic heterocycles. The summed E-state index contributed by atoms with van der Waals surface area (Å²) in [6, 6.07) is 3.05. The average molecular weight is 431 g/mol. The lowest BCUT2D eigenvalue weighted by Crippen LogP contribution is -2.38. The van der Waals surface area contributed by atoms with Gasteiger partial charge in [-0.15, -0.1) is 0 Å². The fraction of sp³-hybridized carbons (Fsp3) is 0.720. The fourth-order valence-corrected chi connectivity index (χ4v) is 6.12. The Labute approximate surface area is 184 Å². The summed E-state index contributed by atoms with van der Waals surface area (Å²) in [7, 11) is 0. The summed E-state index contributed by atoms with van der Waals surface area (Å²) in [5.41, 5.74) is 0.970. The standard InChI is InChI=1S/C25H36F2N4/c26-21-8-9-22-24(23(21)27)31(25(29-22)19-10-13-28-16-19)20-11-14-30(15-12-20)17-18-6-4-2-1-3-5-7-18/h8-9,18-20,28H,1-7,10-17H2. The van der Waals surface area contributed by atoms with Crippen molar-refractivity contribution in [3.05, 3.63) is 29.6 Å². The van der Waals surface area contributed by atoms with E-state index in [1.807, 2.05) is 0 Å². The molecule has 0 amide bonds. The van der Waals surface area contributed by atoms with E-state index in [9.17, 15) is 8.78 Å². The van der Waals surface area contributed by atoms with E-state index in [1.165, 1.54) is 57.6 Å². The number of imidazole rings is 1. The van der Waals surface area contributed by atoms with Crippen molar-refractivity contribution in [2.75, 3.05) is 32.7 Å². The van der Waals surface area contributed by atoms with Crippen LogP contribution in [-0.2, 0) is 0 Å². The van der Waals surface area contributed by atoms with Gasteiger partial charge in [-0.25, -0.2) is 13.8 Å². The van der Waals surface area contributed by atoms with Gasteiger partial charge in [0.1, 0.15) is 11.3 Å². The molecular weight excluding hydrogens is 394 g/mol. The number of fused-ring (bicyclic) bond motifs is 1. The third-order valence-corrected chi connectivity index (χ3v) is 7.86. The van der Waals surface area contributed by atoms with E-state index in [0.717, 1.165) is 57.2 Å². The number of piperidine rings is 1. The molecule has 1 N–H and O–H groups in total. The van der Waals surface area contributed by atoms with E-state index in [2.05, 4.69) is 14.8 Å². The number of nitrogens with zero attached hydrogens (tertiary/aromatic N) is 3. The number of hydrogen-bond donors (Lipinski definition) is 1. The van der Waals surface area contributed by atoms with Crippen molar-refractivity contribution in [2.45, 2.75) is 76.2 Å². The molecule has 1 atom stereocenters. The number of halogens is 2. The maximum Gasteiger partial charge on any atom is 0.184 e. The van der Waals surface area contributed by atoms with E-state index in [0.29, 0.717) is 11.0 Å². The first-order chi connectivity index (χ1) is 15.2. The largest absolute Gasteiger partial charge is 0.322 e. The van der Waals surface area contributed by atoms with Crippen molar-refractivity contribution >= 4 is 11.0 Å². The molecule has 6 heteroatoms. The summed E-state index contributed by atoms with van der Waals surface area (Å²) in [6.07, 6.45) is 12.7. The van der Waals surface area contributed by atoms with Crippen LogP contribution in [0.15, 0.2) is 12.1 Å². The van der Waals surface area contributed by atoms with Crippen molar-refractivity contribution < 1.29 is 8.78 Å². The van der Waals surface area contributed by atoms with Crippen LogP contribution in [-0.4, -0.2) is 47.2 Å². The maximum atomic E-state index is 14.9. The van der Waals surface area contributed by atoms with Crippen LogP contribution in [0, 0.1) is 17.6 Å². The second-order valence-corrected chi connectivity index (χ2v) is 10.0. The number of benzene rings is 1. The van der Waals surface area contributed by atoms with Crippen molar-refractivity contribution in [1.82, 2.24) is 19.8 Å². The van der Waals surface area contributed by atoms with Crippen molar-refractivity contribution in [1.29, 1.82) is 0 Å². The highest BCUT2D eigenvalue weighted by Crippen LogP contribution is 2.35. The van der Waals surface area contributed by atoms with Crippen molar-refractivity contribution in [3.63, 3.8) is 0 Å². The Bertz CT molecular complexity index is 873. The van der Waals surface area contributed by atoms with Gasteiger partial charge in [0.25, 0.3) is 0 Å². The summed E-state index contributed by atoms with van der Waals surface area (Å²) in [5.74, 6) is 0.550. The Kier molecular flexibility index (Phi) is 6.56. The van der Waals surface area contributed by atoms with Crippen LogP contribution in [0.5, 0.6) is 0 Å². The molecule has 2 aliphatic heterocycles. The minimum Gasteiger partial charge on any atom is -0.322 e. The lowest BCUT2D eigenvalue weighted by Gasteiger charge is -2.36. The molecule has 3 fully saturated rings. The molecule has 0 bridgehead atoms. The number of rotatable bonds is 4. The minimum absolute atomic E-state index is 0.200. The van der Waals surface area contributed by atoms with E-state index in [-0.39, 0.29) is 12.0 Å². The lowest BCUT2D eigenvalue weighted by molar-refractivity contribution is 0.151. The zero-order valence-corrected chi connectivity index (χ0v) is 18.6. The highest BCUT2D eigenvalue weighted by atomic mass is 19.2. The third kappa shape index (κ3) is 4.51. The quantitative estimate of drug-likeness (QED) is 0.706. The first-order valence-corrected chi connectivity index (χ1v) is 12.5. The molecule has 3 heterocycles. The predicted octanol–water partition coefficient (Wildman–Crippen LogP) is 5.39. The Morgan fingerprint density at radius 1 is 0.935 bits per heavy atom. The number of aromatic nitrogens is 2. The summed E-state index contributed by atoms with van der Waals surface area (Å²) >= 11 is 0. The van der Waals surface area contributed by atoms with Gasteiger partial charge in [0.05, 0.1) is 5.52 Å². The fourth-order valence-electron chi connectivity index (χ4n) is 6.12. The molecule has 1 aliphatic carbocycles. The van der Waals surface area contributed by atoms with E-state index in [4.69, 9.17) is 4.98 Å². The van der Waals surface area contributed by atoms with E-state index >= 15 is 0 Å². The molecule has 0 radical (unpaired) electrons. The number of hydrogen-bond acceptors (Lipinski definition) is 3.